The lowest BCUT2D eigenvalue weighted by Gasteiger charge is -2.20. The topological polar surface area (TPSA) is 154 Å². The highest BCUT2D eigenvalue weighted by Crippen LogP contribution is 2.44. The van der Waals surface area contributed by atoms with Gasteiger partial charge in [-0.1, -0.05) is 60.7 Å². The van der Waals surface area contributed by atoms with Crippen molar-refractivity contribution in [3.05, 3.63) is 88.5 Å². The molecule has 3 amide bonds. The van der Waals surface area contributed by atoms with Crippen molar-refractivity contribution in [2.24, 2.45) is 0 Å². The molecule has 208 valence electrons. The molecule has 0 radical (unpaired) electrons. The van der Waals surface area contributed by atoms with Crippen molar-refractivity contribution in [2.45, 2.75) is 32.2 Å². The Morgan fingerprint density at radius 3 is 2.02 bits per heavy atom. The summed E-state index contributed by atoms with van der Waals surface area (Å²) in [6, 6.07) is 18.2. The Labute approximate surface area is 231 Å². The van der Waals surface area contributed by atoms with Crippen LogP contribution in [0.1, 0.15) is 33.7 Å². The van der Waals surface area contributed by atoms with Crippen molar-refractivity contribution in [1.82, 2.24) is 16.0 Å². The quantitative estimate of drug-likeness (QED) is 0.262. The number of carboxylic acid groups (broad SMARTS) is 1. The minimum absolute atomic E-state index is 0.0587. The molecule has 0 saturated carbocycles. The normalized spacial score (nSPS) is 12.6. The van der Waals surface area contributed by atoms with Crippen molar-refractivity contribution in [2.75, 3.05) is 19.7 Å². The van der Waals surface area contributed by atoms with E-state index in [4.69, 9.17) is 9.84 Å². The molecular weight excluding hydrogens is 514 g/mol. The van der Waals surface area contributed by atoms with Gasteiger partial charge in [0.05, 0.1) is 6.54 Å². The predicted octanol–water partition coefficient (Wildman–Crippen LogP) is 2.78. The van der Waals surface area contributed by atoms with E-state index in [1.165, 1.54) is 0 Å². The number of aliphatic carboxylic acids is 1. The number of aryl methyl sites for hydroxylation is 2. The van der Waals surface area contributed by atoms with E-state index < -0.39 is 43.0 Å². The van der Waals surface area contributed by atoms with E-state index in [0.717, 1.165) is 22.3 Å². The van der Waals surface area contributed by atoms with Gasteiger partial charge in [-0.25, -0.2) is 4.79 Å². The van der Waals surface area contributed by atoms with Crippen LogP contribution in [-0.2, 0) is 25.5 Å². The third-order valence-corrected chi connectivity index (χ3v) is 6.80. The second-order valence-electron chi connectivity index (χ2n) is 9.69. The summed E-state index contributed by atoms with van der Waals surface area (Å²) in [5.41, 5.74) is 6.18. The van der Waals surface area contributed by atoms with Crippen LogP contribution in [0.4, 0.5) is 4.79 Å². The lowest BCUT2D eigenvalue weighted by atomic mass is 9.98. The van der Waals surface area contributed by atoms with Crippen molar-refractivity contribution < 1.29 is 34.1 Å². The summed E-state index contributed by atoms with van der Waals surface area (Å²) in [5.74, 6) is -2.57. The van der Waals surface area contributed by atoms with E-state index in [1.807, 2.05) is 48.5 Å². The molecule has 3 aromatic carbocycles. The van der Waals surface area contributed by atoms with Gasteiger partial charge in [0.15, 0.2) is 0 Å². The zero-order chi connectivity index (χ0) is 28.8. The highest BCUT2D eigenvalue weighted by molar-refractivity contribution is 5.90. The standard InChI is InChI=1S/C30H31N3O7/c1-17-11-19(12-18(2)28(17)37)13-25(29(38)32-14-26(34)31-15-27(35)36)33-30(39)40-16-24-22-9-5-3-7-20(22)21-8-4-6-10-23(21)24/h3-12,24-25,37H,13-16H2,1-2H3,(H,31,34)(H,32,38)(H,33,39)(H,35,36)/t25-/m0/s1. The molecular formula is C30H31N3O7. The van der Waals surface area contributed by atoms with E-state index >= 15 is 0 Å². The molecule has 0 bridgehead atoms. The molecule has 0 aliphatic heterocycles. The number of nitrogens with one attached hydrogen (secondary N) is 3. The van der Waals surface area contributed by atoms with E-state index in [2.05, 4.69) is 16.0 Å². The first-order valence-electron chi connectivity index (χ1n) is 12.8. The summed E-state index contributed by atoms with van der Waals surface area (Å²) in [4.78, 5) is 48.5. The number of carboxylic acids is 1. The molecule has 0 heterocycles. The van der Waals surface area contributed by atoms with Gasteiger partial charge in [-0.2, -0.15) is 0 Å². The summed E-state index contributed by atoms with van der Waals surface area (Å²) in [6.45, 7) is 2.47. The lowest BCUT2D eigenvalue weighted by molar-refractivity contribution is -0.137. The van der Waals surface area contributed by atoms with Crippen LogP contribution in [0.5, 0.6) is 5.75 Å². The summed E-state index contributed by atoms with van der Waals surface area (Å²) >= 11 is 0. The van der Waals surface area contributed by atoms with E-state index in [0.29, 0.717) is 16.7 Å². The first-order valence-corrected chi connectivity index (χ1v) is 12.8. The molecule has 3 aromatic rings. The molecule has 5 N–H and O–H groups in total. The SMILES string of the molecule is Cc1cc(C[C@H](NC(=O)OCC2c3ccccc3-c3ccccc32)C(=O)NCC(=O)NCC(=O)O)cc(C)c1O. The first kappa shape index (κ1) is 28.2. The maximum atomic E-state index is 13.0. The van der Waals surface area contributed by atoms with Crippen molar-refractivity contribution in [3.63, 3.8) is 0 Å². The van der Waals surface area contributed by atoms with Gasteiger partial charge in [0.25, 0.3) is 0 Å². The van der Waals surface area contributed by atoms with E-state index in [1.54, 1.807) is 26.0 Å². The smallest absolute Gasteiger partial charge is 0.407 e. The number of benzene rings is 3. The Morgan fingerprint density at radius 1 is 0.875 bits per heavy atom. The maximum Gasteiger partial charge on any atom is 0.407 e. The van der Waals surface area contributed by atoms with Gasteiger partial charge in [0, 0.05) is 12.3 Å². The Balaban J connectivity index is 1.45. The third kappa shape index (κ3) is 6.58. The minimum Gasteiger partial charge on any atom is -0.507 e. The van der Waals surface area contributed by atoms with Gasteiger partial charge in [0.1, 0.15) is 24.9 Å². The number of rotatable bonds is 10. The monoisotopic (exact) mass is 545 g/mol. The van der Waals surface area contributed by atoms with Crippen LogP contribution in [0.2, 0.25) is 0 Å². The Morgan fingerprint density at radius 2 is 1.45 bits per heavy atom. The predicted molar refractivity (Wildman–Crippen MR) is 147 cm³/mol. The van der Waals surface area contributed by atoms with Crippen molar-refractivity contribution >= 4 is 23.9 Å². The molecule has 40 heavy (non-hydrogen) atoms. The molecule has 0 fully saturated rings. The number of hydrogen-bond donors (Lipinski definition) is 5. The number of phenols is 1. The fourth-order valence-corrected chi connectivity index (χ4v) is 4.92. The van der Waals surface area contributed by atoms with Crippen molar-refractivity contribution in [1.29, 1.82) is 0 Å². The summed E-state index contributed by atoms with van der Waals surface area (Å²) < 4.78 is 5.60. The van der Waals surface area contributed by atoms with Gasteiger partial charge in [-0.15, -0.1) is 0 Å². The van der Waals surface area contributed by atoms with Crippen LogP contribution < -0.4 is 16.0 Å². The number of alkyl carbamates (subject to hydrolysis) is 1. The molecule has 10 nitrogen and oxygen atoms in total. The molecule has 0 aromatic heterocycles. The fraction of sp³-hybridized carbons (Fsp3) is 0.267. The molecule has 0 saturated heterocycles. The largest absolute Gasteiger partial charge is 0.507 e. The number of hydrogen-bond acceptors (Lipinski definition) is 6. The van der Waals surface area contributed by atoms with Crippen LogP contribution in [-0.4, -0.2) is 59.8 Å². The summed E-state index contributed by atoms with van der Waals surface area (Å²) in [5, 5.41) is 26.0. The number of ether oxygens (including phenoxy) is 1. The van der Waals surface area contributed by atoms with E-state index in [9.17, 15) is 24.3 Å². The number of amides is 3. The van der Waals surface area contributed by atoms with Crippen LogP contribution in [0.3, 0.4) is 0 Å². The lowest BCUT2D eigenvalue weighted by Crippen LogP contribution is -2.50. The van der Waals surface area contributed by atoms with Gasteiger partial charge < -0.3 is 30.9 Å². The fourth-order valence-electron chi connectivity index (χ4n) is 4.92. The van der Waals surface area contributed by atoms with Crippen LogP contribution in [0.25, 0.3) is 11.1 Å². The third-order valence-electron chi connectivity index (χ3n) is 6.80. The average Bonchev–Trinajstić information content (AvgIpc) is 3.25. The van der Waals surface area contributed by atoms with Crippen LogP contribution in [0.15, 0.2) is 60.7 Å². The number of aromatic hydroxyl groups is 1. The van der Waals surface area contributed by atoms with E-state index in [-0.39, 0.29) is 24.7 Å². The summed E-state index contributed by atoms with van der Waals surface area (Å²) in [6.07, 6.45) is -0.737. The zero-order valence-electron chi connectivity index (χ0n) is 22.2. The van der Waals surface area contributed by atoms with Crippen LogP contribution >= 0.6 is 0 Å². The number of carbonyl (C=O) groups excluding carboxylic acids is 3. The molecule has 1 atom stereocenters. The minimum atomic E-state index is -1.22. The second kappa shape index (κ2) is 12.3. The average molecular weight is 546 g/mol. The highest BCUT2D eigenvalue weighted by Gasteiger charge is 2.30. The van der Waals surface area contributed by atoms with Gasteiger partial charge in [0.2, 0.25) is 11.8 Å². The molecule has 1 aliphatic rings. The van der Waals surface area contributed by atoms with Gasteiger partial charge >= 0.3 is 12.1 Å². The first-order chi connectivity index (χ1) is 19.1. The zero-order valence-corrected chi connectivity index (χ0v) is 22.2. The van der Waals surface area contributed by atoms with Crippen molar-refractivity contribution in [3.8, 4) is 16.9 Å². The molecule has 10 heteroatoms. The Hall–Kier alpha value is -4.86. The molecule has 0 unspecified atom stereocenters. The van der Waals surface area contributed by atoms with Crippen LogP contribution in [0, 0.1) is 13.8 Å². The number of fused-ring (bicyclic) bond motifs is 3. The summed E-state index contributed by atoms with van der Waals surface area (Å²) in [7, 11) is 0. The second-order valence-corrected chi connectivity index (χ2v) is 9.69. The Kier molecular flexibility index (Phi) is 8.68. The molecule has 0 spiro atoms. The number of phenolic OH excluding ortho intramolecular Hbond substituents is 1. The maximum absolute atomic E-state index is 13.0. The number of carbonyl (C=O) groups is 4. The molecule has 1 aliphatic carbocycles. The van der Waals surface area contributed by atoms with Gasteiger partial charge in [-0.3, -0.25) is 14.4 Å². The van der Waals surface area contributed by atoms with Gasteiger partial charge in [-0.05, 0) is 52.8 Å². The highest BCUT2D eigenvalue weighted by atomic mass is 16.5. The Bertz CT molecular complexity index is 1380. The molecule has 4 rings (SSSR count).